The molecule has 1 saturated heterocycles. The number of hydrogen-bond donors (Lipinski definition) is 1. The lowest BCUT2D eigenvalue weighted by Crippen LogP contribution is -2.39. The van der Waals surface area contributed by atoms with Crippen molar-refractivity contribution in [1.82, 2.24) is 20.0 Å². The summed E-state index contributed by atoms with van der Waals surface area (Å²) in [4.78, 5) is 14.5. The molecule has 0 aromatic carbocycles. The lowest BCUT2D eigenvalue weighted by molar-refractivity contribution is -0.131. The average molecular weight is 292 g/mol. The van der Waals surface area contributed by atoms with Crippen molar-refractivity contribution in [3.63, 3.8) is 0 Å². The van der Waals surface area contributed by atoms with Crippen molar-refractivity contribution in [3.05, 3.63) is 17.0 Å². The van der Waals surface area contributed by atoms with Crippen LogP contribution >= 0.6 is 0 Å². The maximum absolute atomic E-state index is 12.5. The van der Waals surface area contributed by atoms with Crippen molar-refractivity contribution in [3.8, 4) is 0 Å². The summed E-state index contributed by atoms with van der Waals surface area (Å²) in [7, 11) is 3.93. The van der Waals surface area contributed by atoms with Gasteiger partial charge in [0.05, 0.1) is 12.1 Å². The Hall–Kier alpha value is -1.36. The van der Waals surface area contributed by atoms with Crippen molar-refractivity contribution in [1.29, 1.82) is 0 Å². The molecule has 2 rings (SSSR count). The zero-order chi connectivity index (χ0) is 15.4. The topological polar surface area (TPSA) is 50.2 Å². The van der Waals surface area contributed by atoms with Gasteiger partial charge < -0.3 is 10.2 Å². The van der Waals surface area contributed by atoms with E-state index in [1.54, 1.807) is 0 Å². The zero-order valence-corrected chi connectivity index (χ0v) is 13.8. The highest BCUT2D eigenvalue weighted by Gasteiger charge is 2.24. The van der Waals surface area contributed by atoms with Crippen LogP contribution in [-0.2, 0) is 18.3 Å². The number of amides is 1. The van der Waals surface area contributed by atoms with Gasteiger partial charge in [0.25, 0.3) is 0 Å². The number of carbonyl (C=O) groups is 1. The number of nitrogens with one attached hydrogen (secondary N) is 1. The van der Waals surface area contributed by atoms with Gasteiger partial charge in [0, 0.05) is 31.4 Å². The molecule has 0 bridgehead atoms. The SMILES string of the molecule is CNCCC1CCN(C(=O)Cc2c(C)nn(C)c2C)CC1. The molecule has 0 aliphatic carbocycles. The van der Waals surface area contributed by atoms with Crippen LogP contribution in [0, 0.1) is 19.8 Å². The Morgan fingerprint density at radius 2 is 2.00 bits per heavy atom. The third-order valence-electron chi connectivity index (χ3n) is 4.76. The Labute approximate surface area is 127 Å². The molecule has 1 N–H and O–H groups in total. The summed E-state index contributed by atoms with van der Waals surface area (Å²) in [6.45, 7) is 6.91. The van der Waals surface area contributed by atoms with E-state index in [2.05, 4.69) is 10.4 Å². The van der Waals surface area contributed by atoms with E-state index in [1.807, 2.05) is 37.5 Å². The summed E-state index contributed by atoms with van der Waals surface area (Å²) in [5.41, 5.74) is 3.18. The molecule has 2 heterocycles. The van der Waals surface area contributed by atoms with Crippen molar-refractivity contribution in [2.24, 2.45) is 13.0 Å². The largest absolute Gasteiger partial charge is 0.342 e. The van der Waals surface area contributed by atoms with Gasteiger partial charge in [-0.05, 0) is 52.6 Å². The predicted octanol–water partition coefficient (Wildman–Crippen LogP) is 1.43. The van der Waals surface area contributed by atoms with Crippen molar-refractivity contribution in [2.75, 3.05) is 26.7 Å². The number of nitrogens with zero attached hydrogens (tertiary/aromatic N) is 3. The minimum Gasteiger partial charge on any atom is -0.342 e. The monoisotopic (exact) mass is 292 g/mol. The number of aromatic nitrogens is 2. The average Bonchev–Trinajstić information content (AvgIpc) is 2.72. The van der Waals surface area contributed by atoms with Gasteiger partial charge in [-0.1, -0.05) is 0 Å². The number of rotatable bonds is 5. The molecule has 1 fully saturated rings. The van der Waals surface area contributed by atoms with E-state index >= 15 is 0 Å². The molecule has 1 aromatic rings. The van der Waals surface area contributed by atoms with E-state index in [1.165, 1.54) is 6.42 Å². The smallest absolute Gasteiger partial charge is 0.227 e. The standard InChI is InChI=1S/C16H28N4O/c1-12-15(13(2)19(4)18-12)11-16(21)20-9-6-14(7-10-20)5-8-17-3/h14,17H,5-11H2,1-4H3. The number of likely N-dealkylation sites (tertiary alicyclic amines) is 1. The fourth-order valence-corrected chi connectivity index (χ4v) is 3.16. The van der Waals surface area contributed by atoms with Crippen LogP contribution in [0.25, 0.3) is 0 Å². The first-order chi connectivity index (χ1) is 10.0. The van der Waals surface area contributed by atoms with E-state index in [0.29, 0.717) is 6.42 Å². The highest BCUT2D eigenvalue weighted by Crippen LogP contribution is 2.21. The van der Waals surface area contributed by atoms with E-state index < -0.39 is 0 Å². The van der Waals surface area contributed by atoms with Gasteiger partial charge in [0.15, 0.2) is 0 Å². The molecule has 1 amide bonds. The van der Waals surface area contributed by atoms with Gasteiger partial charge >= 0.3 is 0 Å². The number of hydrogen-bond acceptors (Lipinski definition) is 3. The number of carbonyl (C=O) groups excluding carboxylic acids is 1. The lowest BCUT2D eigenvalue weighted by atomic mass is 9.93. The third-order valence-corrected chi connectivity index (χ3v) is 4.76. The second kappa shape index (κ2) is 7.07. The lowest BCUT2D eigenvalue weighted by Gasteiger charge is -2.32. The van der Waals surface area contributed by atoms with E-state index in [0.717, 1.165) is 55.3 Å². The van der Waals surface area contributed by atoms with Crippen LogP contribution in [0.5, 0.6) is 0 Å². The highest BCUT2D eigenvalue weighted by molar-refractivity contribution is 5.79. The molecule has 1 aliphatic rings. The second-order valence-corrected chi connectivity index (χ2v) is 6.17. The molecule has 21 heavy (non-hydrogen) atoms. The van der Waals surface area contributed by atoms with Crippen LogP contribution in [0.2, 0.25) is 0 Å². The molecule has 0 spiro atoms. The Balaban J connectivity index is 1.88. The Morgan fingerprint density at radius 3 is 2.52 bits per heavy atom. The molecule has 118 valence electrons. The van der Waals surface area contributed by atoms with Crippen LogP contribution in [-0.4, -0.2) is 47.3 Å². The molecule has 0 atom stereocenters. The summed E-state index contributed by atoms with van der Waals surface area (Å²) in [5.74, 6) is 1.02. The van der Waals surface area contributed by atoms with Gasteiger partial charge in [-0.25, -0.2) is 0 Å². The molecule has 1 aliphatic heterocycles. The van der Waals surface area contributed by atoms with E-state index in [4.69, 9.17) is 0 Å². The minimum atomic E-state index is 0.251. The fourth-order valence-electron chi connectivity index (χ4n) is 3.16. The zero-order valence-electron chi connectivity index (χ0n) is 13.8. The van der Waals surface area contributed by atoms with Gasteiger partial charge in [-0.2, -0.15) is 5.10 Å². The van der Waals surface area contributed by atoms with Crippen LogP contribution in [0.3, 0.4) is 0 Å². The Kier molecular flexibility index (Phi) is 5.39. The van der Waals surface area contributed by atoms with E-state index in [-0.39, 0.29) is 5.91 Å². The maximum atomic E-state index is 12.5. The third kappa shape index (κ3) is 3.84. The van der Waals surface area contributed by atoms with Crippen molar-refractivity contribution in [2.45, 2.75) is 39.5 Å². The molecular formula is C16H28N4O. The first-order valence-corrected chi connectivity index (χ1v) is 7.94. The van der Waals surface area contributed by atoms with Gasteiger partial charge in [0.2, 0.25) is 5.91 Å². The maximum Gasteiger partial charge on any atom is 0.227 e. The van der Waals surface area contributed by atoms with E-state index in [9.17, 15) is 4.79 Å². The first kappa shape index (κ1) is 16.0. The Bertz CT molecular complexity index is 487. The Morgan fingerprint density at radius 1 is 1.33 bits per heavy atom. The second-order valence-electron chi connectivity index (χ2n) is 6.17. The highest BCUT2D eigenvalue weighted by atomic mass is 16.2. The van der Waals surface area contributed by atoms with Crippen molar-refractivity contribution >= 4 is 5.91 Å². The minimum absolute atomic E-state index is 0.251. The molecule has 0 unspecified atom stereocenters. The number of aryl methyl sites for hydroxylation is 2. The molecule has 1 aromatic heterocycles. The fraction of sp³-hybridized carbons (Fsp3) is 0.750. The van der Waals surface area contributed by atoms with Gasteiger partial charge in [0.1, 0.15) is 0 Å². The van der Waals surface area contributed by atoms with Gasteiger partial charge in [-0.3, -0.25) is 9.48 Å². The summed E-state index contributed by atoms with van der Waals surface area (Å²) < 4.78 is 1.86. The predicted molar refractivity (Wildman–Crippen MR) is 84.2 cm³/mol. The van der Waals surface area contributed by atoms with Crippen LogP contribution < -0.4 is 5.32 Å². The summed E-state index contributed by atoms with van der Waals surface area (Å²) in [5, 5.41) is 7.60. The molecule has 0 radical (unpaired) electrons. The molecule has 0 saturated carbocycles. The number of piperidine rings is 1. The summed E-state index contributed by atoms with van der Waals surface area (Å²) in [6, 6.07) is 0. The molecule has 5 nitrogen and oxygen atoms in total. The van der Waals surface area contributed by atoms with Crippen LogP contribution in [0.1, 0.15) is 36.2 Å². The molecular weight excluding hydrogens is 264 g/mol. The van der Waals surface area contributed by atoms with Gasteiger partial charge in [-0.15, -0.1) is 0 Å². The normalized spacial score (nSPS) is 16.5. The first-order valence-electron chi connectivity index (χ1n) is 7.94. The summed E-state index contributed by atoms with van der Waals surface area (Å²) in [6.07, 6.45) is 3.99. The quantitative estimate of drug-likeness (QED) is 0.893. The van der Waals surface area contributed by atoms with Crippen molar-refractivity contribution < 1.29 is 4.79 Å². The van der Waals surface area contributed by atoms with Crippen LogP contribution in [0.4, 0.5) is 0 Å². The summed E-state index contributed by atoms with van der Waals surface area (Å²) >= 11 is 0. The van der Waals surface area contributed by atoms with Crippen LogP contribution in [0.15, 0.2) is 0 Å². The molecule has 5 heteroatoms.